The first-order valence-electron chi connectivity index (χ1n) is 8.28. The van der Waals surface area contributed by atoms with Crippen LogP contribution >= 0.6 is 11.3 Å². The molecule has 3 rings (SSSR count). The predicted octanol–water partition coefficient (Wildman–Crippen LogP) is 4.13. The van der Waals surface area contributed by atoms with E-state index in [2.05, 4.69) is 10.3 Å². The summed E-state index contributed by atoms with van der Waals surface area (Å²) in [4.78, 5) is 27.1. The fourth-order valence-corrected chi connectivity index (χ4v) is 3.10. The number of benzene rings is 2. The zero-order valence-corrected chi connectivity index (χ0v) is 15.9. The molecule has 2 aromatic carbocycles. The van der Waals surface area contributed by atoms with E-state index in [-0.39, 0.29) is 11.6 Å². The van der Waals surface area contributed by atoms with Crippen molar-refractivity contribution in [2.45, 2.75) is 13.0 Å². The van der Waals surface area contributed by atoms with Crippen molar-refractivity contribution in [3.8, 4) is 22.8 Å². The number of nitrogens with one attached hydrogen (secondary N) is 1. The summed E-state index contributed by atoms with van der Waals surface area (Å²) in [5.74, 6) is 0.785. The summed E-state index contributed by atoms with van der Waals surface area (Å²) < 4.78 is 10.8. The molecule has 9 heteroatoms. The minimum atomic E-state index is -0.753. The van der Waals surface area contributed by atoms with Crippen LogP contribution in [-0.4, -0.2) is 29.0 Å². The molecule has 0 spiro atoms. The molecule has 3 aromatic rings. The molecule has 0 aliphatic carbocycles. The first-order valence-corrected chi connectivity index (χ1v) is 9.16. The third-order valence-electron chi connectivity index (χ3n) is 3.81. The molecule has 28 heavy (non-hydrogen) atoms. The number of nitro groups is 1. The average Bonchev–Trinajstić information content (AvgIpc) is 3.16. The summed E-state index contributed by atoms with van der Waals surface area (Å²) in [6.45, 7) is 1.63. The lowest BCUT2D eigenvalue weighted by atomic mass is 10.1. The number of amides is 1. The second kappa shape index (κ2) is 8.49. The number of aromatic nitrogens is 1. The number of hydrogen-bond acceptors (Lipinski definition) is 7. The van der Waals surface area contributed by atoms with Crippen LogP contribution in [0.4, 0.5) is 10.8 Å². The van der Waals surface area contributed by atoms with E-state index in [0.29, 0.717) is 27.9 Å². The van der Waals surface area contributed by atoms with Crippen LogP contribution in [-0.2, 0) is 4.79 Å². The van der Waals surface area contributed by atoms with Gasteiger partial charge in [-0.2, -0.15) is 0 Å². The number of anilines is 1. The highest BCUT2D eigenvalue weighted by atomic mass is 32.1. The minimum Gasteiger partial charge on any atom is -0.497 e. The largest absolute Gasteiger partial charge is 0.497 e. The number of nitrogens with zero attached hydrogens (tertiary/aromatic N) is 2. The zero-order chi connectivity index (χ0) is 20.1. The topological polar surface area (TPSA) is 104 Å². The molecule has 1 aromatic heterocycles. The lowest BCUT2D eigenvalue weighted by molar-refractivity contribution is -0.384. The van der Waals surface area contributed by atoms with Gasteiger partial charge in [0, 0.05) is 29.1 Å². The lowest BCUT2D eigenvalue weighted by Crippen LogP contribution is -2.30. The Morgan fingerprint density at radius 3 is 2.71 bits per heavy atom. The van der Waals surface area contributed by atoms with Gasteiger partial charge >= 0.3 is 0 Å². The minimum absolute atomic E-state index is 0.0172. The molecule has 0 saturated heterocycles. The SMILES string of the molecule is COc1cccc(OC(C)C(=O)Nc2nc(-c3cccc([N+](=O)[O-])c3)cs2)c1. The van der Waals surface area contributed by atoms with Crippen molar-refractivity contribution >= 4 is 28.1 Å². The van der Waals surface area contributed by atoms with E-state index in [1.54, 1.807) is 55.8 Å². The number of methoxy groups -OCH3 is 1. The van der Waals surface area contributed by atoms with E-state index in [4.69, 9.17) is 9.47 Å². The molecular weight excluding hydrogens is 382 g/mol. The van der Waals surface area contributed by atoms with Crippen molar-refractivity contribution < 1.29 is 19.2 Å². The Labute approximate surface area is 164 Å². The molecule has 1 unspecified atom stereocenters. The molecule has 0 aliphatic heterocycles. The highest BCUT2D eigenvalue weighted by Crippen LogP contribution is 2.27. The lowest BCUT2D eigenvalue weighted by Gasteiger charge is -2.14. The van der Waals surface area contributed by atoms with Crippen molar-refractivity contribution in [3.63, 3.8) is 0 Å². The molecule has 0 radical (unpaired) electrons. The molecule has 144 valence electrons. The van der Waals surface area contributed by atoms with Gasteiger partial charge in [-0.1, -0.05) is 18.2 Å². The van der Waals surface area contributed by atoms with E-state index in [1.165, 1.54) is 23.5 Å². The van der Waals surface area contributed by atoms with E-state index in [9.17, 15) is 14.9 Å². The van der Waals surface area contributed by atoms with E-state index in [1.807, 2.05) is 0 Å². The maximum Gasteiger partial charge on any atom is 0.270 e. The normalized spacial score (nSPS) is 11.5. The van der Waals surface area contributed by atoms with Gasteiger partial charge in [-0.3, -0.25) is 20.2 Å². The molecule has 1 heterocycles. The van der Waals surface area contributed by atoms with Crippen LogP contribution in [0.1, 0.15) is 6.92 Å². The average molecular weight is 399 g/mol. The highest BCUT2D eigenvalue weighted by Gasteiger charge is 2.17. The standard InChI is InChI=1S/C19H17N3O5S/c1-12(27-16-8-4-7-15(10-16)26-2)18(23)21-19-20-17(11-28-19)13-5-3-6-14(9-13)22(24)25/h3-12H,1-2H3,(H,20,21,23). The van der Waals surface area contributed by atoms with E-state index >= 15 is 0 Å². The summed E-state index contributed by atoms with van der Waals surface area (Å²) in [7, 11) is 1.55. The summed E-state index contributed by atoms with van der Waals surface area (Å²) in [5, 5.41) is 15.7. The molecule has 1 amide bonds. The second-order valence-corrected chi connectivity index (χ2v) is 6.63. The maximum atomic E-state index is 12.4. The number of nitro benzene ring substituents is 1. The van der Waals surface area contributed by atoms with Gasteiger partial charge in [0.15, 0.2) is 11.2 Å². The Morgan fingerprint density at radius 1 is 1.21 bits per heavy atom. The summed E-state index contributed by atoms with van der Waals surface area (Å²) in [5.41, 5.74) is 1.13. The van der Waals surface area contributed by atoms with Crippen LogP contribution < -0.4 is 14.8 Å². The molecule has 0 bridgehead atoms. The van der Waals surface area contributed by atoms with Crippen LogP contribution in [0.2, 0.25) is 0 Å². The van der Waals surface area contributed by atoms with Crippen molar-refractivity contribution in [2.75, 3.05) is 12.4 Å². The van der Waals surface area contributed by atoms with Crippen LogP contribution in [0, 0.1) is 10.1 Å². The molecule has 0 saturated carbocycles. The number of hydrogen-bond donors (Lipinski definition) is 1. The fraction of sp³-hybridized carbons (Fsp3) is 0.158. The van der Waals surface area contributed by atoms with Gasteiger partial charge in [0.2, 0.25) is 0 Å². The molecule has 1 atom stereocenters. The second-order valence-electron chi connectivity index (χ2n) is 5.77. The van der Waals surface area contributed by atoms with Gasteiger partial charge in [0.1, 0.15) is 11.5 Å². The van der Waals surface area contributed by atoms with Crippen molar-refractivity contribution in [1.29, 1.82) is 0 Å². The van der Waals surface area contributed by atoms with Crippen LogP contribution in [0.25, 0.3) is 11.3 Å². The number of carbonyl (C=O) groups excluding carboxylic acids is 1. The van der Waals surface area contributed by atoms with Gasteiger partial charge in [-0.25, -0.2) is 4.98 Å². The van der Waals surface area contributed by atoms with Gasteiger partial charge in [-0.05, 0) is 19.1 Å². The Morgan fingerprint density at radius 2 is 1.96 bits per heavy atom. The number of ether oxygens (including phenoxy) is 2. The Kier molecular flexibility index (Phi) is 5.85. The Hall–Kier alpha value is -3.46. The molecule has 1 N–H and O–H groups in total. The van der Waals surface area contributed by atoms with Gasteiger partial charge in [0.25, 0.3) is 11.6 Å². The van der Waals surface area contributed by atoms with E-state index in [0.717, 1.165) is 0 Å². The molecular formula is C19H17N3O5S. The monoisotopic (exact) mass is 399 g/mol. The number of non-ortho nitro benzene ring substituents is 1. The van der Waals surface area contributed by atoms with Gasteiger partial charge in [0.05, 0.1) is 17.7 Å². The van der Waals surface area contributed by atoms with Crippen molar-refractivity contribution in [1.82, 2.24) is 4.98 Å². The Bertz CT molecular complexity index is 1000. The van der Waals surface area contributed by atoms with Crippen molar-refractivity contribution in [2.24, 2.45) is 0 Å². The number of rotatable bonds is 7. The quantitative estimate of drug-likeness (QED) is 0.473. The smallest absolute Gasteiger partial charge is 0.270 e. The third kappa shape index (κ3) is 4.63. The summed E-state index contributed by atoms with van der Waals surface area (Å²) >= 11 is 1.23. The number of thiazole rings is 1. The Balaban J connectivity index is 1.66. The maximum absolute atomic E-state index is 12.4. The van der Waals surface area contributed by atoms with Gasteiger partial charge < -0.3 is 9.47 Å². The number of carbonyl (C=O) groups is 1. The first-order chi connectivity index (χ1) is 13.5. The third-order valence-corrected chi connectivity index (χ3v) is 4.57. The molecule has 0 fully saturated rings. The summed E-state index contributed by atoms with van der Waals surface area (Å²) in [6, 6.07) is 13.1. The molecule has 0 aliphatic rings. The highest BCUT2D eigenvalue weighted by molar-refractivity contribution is 7.14. The van der Waals surface area contributed by atoms with Crippen LogP contribution in [0.3, 0.4) is 0 Å². The van der Waals surface area contributed by atoms with E-state index < -0.39 is 11.0 Å². The molecule has 8 nitrogen and oxygen atoms in total. The fourth-order valence-electron chi connectivity index (χ4n) is 2.38. The van der Waals surface area contributed by atoms with Crippen molar-refractivity contribution in [3.05, 3.63) is 64.0 Å². The first kappa shape index (κ1) is 19.3. The predicted molar refractivity (Wildman–Crippen MR) is 106 cm³/mol. The summed E-state index contributed by atoms with van der Waals surface area (Å²) in [6.07, 6.45) is -0.753. The van der Waals surface area contributed by atoms with Gasteiger partial charge in [-0.15, -0.1) is 11.3 Å². The van der Waals surface area contributed by atoms with Crippen LogP contribution in [0.5, 0.6) is 11.5 Å². The zero-order valence-electron chi connectivity index (χ0n) is 15.1. The van der Waals surface area contributed by atoms with Crippen LogP contribution in [0.15, 0.2) is 53.9 Å².